The maximum absolute atomic E-state index is 11.6. The van der Waals surface area contributed by atoms with Gasteiger partial charge in [-0.25, -0.2) is 4.79 Å². The zero-order valence-electron chi connectivity index (χ0n) is 15.5. The summed E-state index contributed by atoms with van der Waals surface area (Å²) in [6, 6.07) is 4.45. The Balaban J connectivity index is 2.34. The van der Waals surface area contributed by atoms with Crippen molar-refractivity contribution in [2.75, 3.05) is 20.3 Å². The van der Waals surface area contributed by atoms with E-state index in [9.17, 15) is 4.79 Å². The number of methoxy groups -OCH3 is 1. The Morgan fingerprint density at radius 1 is 1.29 bits per heavy atom. The highest BCUT2D eigenvalue weighted by Gasteiger charge is 2.16. The zero-order valence-corrected chi connectivity index (χ0v) is 15.5. The van der Waals surface area contributed by atoms with Gasteiger partial charge in [0.2, 0.25) is 0 Å². The van der Waals surface area contributed by atoms with E-state index in [4.69, 9.17) is 9.47 Å². The first kappa shape index (κ1) is 20.4. The van der Waals surface area contributed by atoms with Crippen molar-refractivity contribution in [1.82, 2.24) is 15.6 Å². The predicted octanol–water partition coefficient (Wildman–Crippen LogP) is 3.05. The molecular weight excluding hydrogens is 306 g/mol. The summed E-state index contributed by atoms with van der Waals surface area (Å²) < 4.78 is 10.5. The summed E-state index contributed by atoms with van der Waals surface area (Å²) in [6.07, 6.45) is 4.97. The van der Waals surface area contributed by atoms with Crippen molar-refractivity contribution < 1.29 is 14.3 Å². The molecule has 0 aliphatic heterocycles. The van der Waals surface area contributed by atoms with Crippen LogP contribution in [0.15, 0.2) is 24.5 Å². The van der Waals surface area contributed by atoms with Crippen molar-refractivity contribution in [1.29, 1.82) is 0 Å². The lowest BCUT2D eigenvalue weighted by Gasteiger charge is -2.23. The number of alkyl carbamates (subject to hydrolysis) is 1. The van der Waals surface area contributed by atoms with Crippen LogP contribution in [-0.4, -0.2) is 43.0 Å². The van der Waals surface area contributed by atoms with Crippen LogP contribution in [0.25, 0.3) is 0 Å². The molecule has 136 valence electrons. The molecular formula is C18H31N3O3. The summed E-state index contributed by atoms with van der Waals surface area (Å²) in [5.41, 5.74) is 0.725. The van der Waals surface area contributed by atoms with E-state index in [0.717, 1.165) is 12.8 Å². The number of hydrogen-bond acceptors (Lipinski definition) is 5. The van der Waals surface area contributed by atoms with E-state index in [1.807, 2.05) is 32.9 Å². The SMILES string of the molecule is COCC(CCCNC(=O)OC(C)(C)C)N[C@@H](C)c1ccncc1. The van der Waals surface area contributed by atoms with E-state index < -0.39 is 5.60 Å². The van der Waals surface area contributed by atoms with Crippen molar-refractivity contribution >= 4 is 6.09 Å². The van der Waals surface area contributed by atoms with Gasteiger partial charge >= 0.3 is 6.09 Å². The van der Waals surface area contributed by atoms with Crippen molar-refractivity contribution in [3.63, 3.8) is 0 Å². The number of aromatic nitrogens is 1. The molecule has 1 heterocycles. The van der Waals surface area contributed by atoms with Gasteiger partial charge in [0, 0.05) is 38.1 Å². The monoisotopic (exact) mass is 337 g/mol. The number of pyridine rings is 1. The standard InChI is InChI=1S/C18H31N3O3/c1-14(15-8-11-19-12-9-15)21-16(13-23-5)7-6-10-20-17(22)24-18(2,3)4/h8-9,11-12,14,16,21H,6-7,10,13H2,1-5H3,(H,20,22)/t14-,16?/m0/s1. The predicted molar refractivity (Wildman–Crippen MR) is 94.9 cm³/mol. The summed E-state index contributed by atoms with van der Waals surface area (Å²) in [6.45, 7) is 8.89. The van der Waals surface area contributed by atoms with Gasteiger partial charge in [-0.2, -0.15) is 0 Å². The molecule has 2 atom stereocenters. The molecule has 1 unspecified atom stereocenters. The third-order valence-electron chi connectivity index (χ3n) is 3.46. The quantitative estimate of drug-likeness (QED) is 0.678. The summed E-state index contributed by atoms with van der Waals surface area (Å²) in [7, 11) is 1.70. The van der Waals surface area contributed by atoms with Gasteiger partial charge in [-0.05, 0) is 58.2 Å². The van der Waals surface area contributed by atoms with Gasteiger partial charge in [-0.1, -0.05) is 0 Å². The first-order valence-corrected chi connectivity index (χ1v) is 8.43. The molecule has 6 nitrogen and oxygen atoms in total. The number of nitrogens with one attached hydrogen (secondary N) is 2. The summed E-state index contributed by atoms with van der Waals surface area (Å²) in [4.78, 5) is 15.7. The molecule has 1 aromatic heterocycles. The maximum atomic E-state index is 11.6. The first-order valence-electron chi connectivity index (χ1n) is 8.43. The molecule has 0 saturated heterocycles. The number of carbonyl (C=O) groups is 1. The number of carbonyl (C=O) groups excluding carboxylic acids is 1. The summed E-state index contributed by atoms with van der Waals surface area (Å²) >= 11 is 0. The number of hydrogen-bond donors (Lipinski definition) is 2. The third kappa shape index (κ3) is 8.84. The van der Waals surface area contributed by atoms with Gasteiger partial charge in [0.15, 0.2) is 0 Å². The molecule has 6 heteroatoms. The Kier molecular flexibility index (Phi) is 8.71. The fourth-order valence-corrected chi connectivity index (χ4v) is 2.37. The van der Waals surface area contributed by atoms with Crippen LogP contribution >= 0.6 is 0 Å². The highest BCUT2D eigenvalue weighted by Crippen LogP contribution is 2.13. The topological polar surface area (TPSA) is 72.5 Å². The van der Waals surface area contributed by atoms with Crippen LogP contribution < -0.4 is 10.6 Å². The highest BCUT2D eigenvalue weighted by atomic mass is 16.6. The van der Waals surface area contributed by atoms with E-state index in [1.165, 1.54) is 5.56 Å². The number of ether oxygens (including phenoxy) is 2. The summed E-state index contributed by atoms with van der Waals surface area (Å²) in [5, 5.41) is 6.35. The van der Waals surface area contributed by atoms with Crippen LogP contribution in [0.1, 0.15) is 52.1 Å². The second-order valence-electron chi connectivity index (χ2n) is 6.89. The fourth-order valence-electron chi connectivity index (χ4n) is 2.37. The minimum Gasteiger partial charge on any atom is -0.444 e. The van der Waals surface area contributed by atoms with Crippen LogP contribution in [0.3, 0.4) is 0 Å². The Bertz CT molecular complexity index is 474. The van der Waals surface area contributed by atoms with Crippen molar-refractivity contribution in [2.24, 2.45) is 0 Å². The highest BCUT2D eigenvalue weighted by molar-refractivity contribution is 5.67. The lowest BCUT2D eigenvalue weighted by molar-refractivity contribution is 0.0526. The van der Waals surface area contributed by atoms with Gasteiger partial charge in [0.05, 0.1) is 6.61 Å². The molecule has 1 aromatic rings. The molecule has 0 radical (unpaired) electrons. The van der Waals surface area contributed by atoms with Crippen LogP contribution in [0.4, 0.5) is 4.79 Å². The van der Waals surface area contributed by atoms with Crippen molar-refractivity contribution in [3.8, 4) is 0 Å². The Labute approximate surface area is 145 Å². The number of amides is 1. The normalized spacial score (nSPS) is 14.0. The molecule has 1 amide bonds. The Morgan fingerprint density at radius 2 is 1.96 bits per heavy atom. The zero-order chi connectivity index (χ0) is 18.0. The Hall–Kier alpha value is -1.66. The smallest absolute Gasteiger partial charge is 0.407 e. The van der Waals surface area contributed by atoms with Crippen molar-refractivity contribution in [3.05, 3.63) is 30.1 Å². The van der Waals surface area contributed by atoms with Crippen LogP contribution in [0.5, 0.6) is 0 Å². The second-order valence-corrected chi connectivity index (χ2v) is 6.89. The number of rotatable bonds is 9. The van der Waals surface area contributed by atoms with Gasteiger partial charge in [-0.3, -0.25) is 4.98 Å². The molecule has 0 bridgehead atoms. The molecule has 24 heavy (non-hydrogen) atoms. The van der Waals surface area contributed by atoms with Crippen molar-refractivity contribution in [2.45, 2.75) is 58.2 Å². The molecule has 0 aliphatic rings. The van der Waals surface area contributed by atoms with E-state index in [2.05, 4.69) is 22.5 Å². The molecule has 0 saturated carbocycles. The molecule has 1 rings (SSSR count). The molecule has 0 aliphatic carbocycles. The van der Waals surface area contributed by atoms with E-state index in [0.29, 0.717) is 13.2 Å². The Morgan fingerprint density at radius 3 is 2.54 bits per heavy atom. The van der Waals surface area contributed by atoms with E-state index in [-0.39, 0.29) is 18.2 Å². The largest absolute Gasteiger partial charge is 0.444 e. The average Bonchev–Trinajstić information content (AvgIpc) is 2.50. The molecule has 2 N–H and O–H groups in total. The lowest BCUT2D eigenvalue weighted by atomic mass is 10.1. The lowest BCUT2D eigenvalue weighted by Crippen LogP contribution is -2.37. The van der Waals surface area contributed by atoms with Gasteiger partial charge < -0.3 is 20.1 Å². The van der Waals surface area contributed by atoms with Crippen LogP contribution in [0.2, 0.25) is 0 Å². The maximum Gasteiger partial charge on any atom is 0.407 e. The van der Waals surface area contributed by atoms with E-state index >= 15 is 0 Å². The first-order chi connectivity index (χ1) is 11.3. The van der Waals surface area contributed by atoms with Crippen LogP contribution in [0, 0.1) is 0 Å². The van der Waals surface area contributed by atoms with Gasteiger partial charge in [0.25, 0.3) is 0 Å². The average molecular weight is 337 g/mol. The minimum absolute atomic E-state index is 0.215. The molecule has 0 fully saturated rings. The third-order valence-corrected chi connectivity index (χ3v) is 3.46. The molecule has 0 aromatic carbocycles. The van der Waals surface area contributed by atoms with E-state index in [1.54, 1.807) is 19.5 Å². The van der Waals surface area contributed by atoms with Crippen LogP contribution in [-0.2, 0) is 9.47 Å². The minimum atomic E-state index is -0.468. The summed E-state index contributed by atoms with van der Waals surface area (Å²) in [5.74, 6) is 0. The fraction of sp³-hybridized carbons (Fsp3) is 0.667. The van der Waals surface area contributed by atoms with Gasteiger partial charge in [-0.15, -0.1) is 0 Å². The molecule has 0 spiro atoms. The van der Waals surface area contributed by atoms with Gasteiger partial charge in [0.1, 0.15) is 5.60 Å². The number of nitrogens with zero attached hydrogens (tertiary/aromatic N) is 1. The second kappa shape index (κ2) is 10.3.